The van der Waals surface area contributed by atoms with Crippen LogP contribution in [0.15, 0.2) is 25.3 Å². The SMILES string of the molecule is C=C[C@@H](O)[C@H](O)CNC[C@@H](O)[C@H](O)C=C. The first-order valence-corrected chi connectivity index (χ1v) is 4.71. The van der Waals surface area contributed by atoms with E-state index in [1.54, 1.807) is 0 Å². The van der Waals surface area contributed by atoms with Crippen LogP contribution in [0.1, 0.15) is 0 Å². The fourth-order valence-corrected chi connectivity index (χ4v) is 0.935. The first-order chi connectivity index (χ1) is 7.02. The molecule has 0 aliphatic carbocycles. The highest BCUT2D eigenvalue weighted by Gasteiger charge is 2.15. The van der Waals surface area contributed by atoms with Crippen molar-refractivity contribution in [2.45, 2.75) is 24.4 Å². The van der Waals surface area contributed by atoms with Crippen LogP contribution < -0.4 is 5.32 Å². The van der Waals surface area contributed by atoms with Crippen LogP contribution in [-0.2, 0) is 0 Å². The van der Waals surface area contributed by atoms with Gasteiger partial charge in [-0.05, 0) is 0 Å². The van der Waals surface area contributed by atoms with Gasteiger partial charge in [-0.25, -0.2) is 0 Å². The first-order valence-electron chi connectivity index (χ1n) is 4.71. The third kappa shape index (κ3) is 5.66. The molecule has 88 valence electrons. The van der Waals surface area contributed by atoms with Gasteiger partial charge < -0.3 is 25.7 Å². The predicted octanol–water partition coefficient (Wildman–Crippen LogP) is -1.61. The van der Waals surface area contributed by atoms with Crippen molar-refractivity contribution in [1.82, 2.24) is 5.32 Å². The summed E-state index contributed by atoms with van der Waals surface area (Å²) in [4.78, 5) is 0. The van der Waals surface area contributed by atoms with Crippen molar-refractivity contribution in [3.05, 3.63) is 25.3 Å². The van der Waals surface area contributed by atoms with E-state index in [4.69, 9.17) is 10.2 Å². The van der Waals surface area contributed by atoms with Gasteiger partial charge in [0.05, 0.1) is 24.4 Å². The lowest BCUT2D eigenvalue weighted by Gasteiger charge is -2.18. The zero-order valence-electron chi connectivity index (χ0n) is 8.58. The molecular formula is C10H19NO4. The number of aliphatic hydroxyl groups excluding tert-OH is 4. The molecule has 0 spiro atoms. The molecule has 0 heterocycles. The second kappa shape index (κ2) is 7.56. The van der Waals surface area contributed by atoms with Gasteiger partial charge in [0, 0.05) is 13.1 Å². The smallest absolute Gasteiger partial charge is 0.0989 e. The molecule has 0 aromatic heterocycles. The van der Waals surface area contributed by atoms with Crippen LogP contribution in [-0.4, -0.2) is 57.9 Å². The second-order valence-electron chi connectivity index (χ2n) is 3.25. The lowest BCUT2D eigenvalue weighted by atomic mass is 10.2. The Morgan fingerprint density at radius 2 is 1.20 bits per heavy atom. The lowest BCUT2D eigenvalue weighted by Crippen LogP contribution is -2.41. The number of rotatable bonds is 8. The van der Waals surface area contributed by atoms with E-state index in [1.807, 2.05) is 0 Å². The lowest BCUT2D eigenvalue weighted by molar-refractivity contribution is 0.0320. The fraction of sp³-hybridized carbons (Fsp3) is 0.600. The van der Waals surface area contributed by atoms with Gasteiger partial charge in [-0.3, -0.25) is 0 Å². The van der Waals surface area contributed by atoms with Crippen molar-refractivity contribution >= 4 is 0 Å². The quantitative estimate of drug-likeness (QED) is 0.315. The number of nitrogens with one attached hydrogen (secondary N) is 1. The Labute approximate surface area is 89.4 Å². The van der Waals surface area contributed by atoms with Crippen molar-refractivity contribution in [2.24, 2.45) is 0 Å². The Bertz CT molecular complexity index is 178. The number of hydrogen-bond donors (Lipinski definition) is 5. The summed E-state index contributed by atoms with van der Waals surface area (Å²) < 4.78 is 0. The highest BCUT2D eigenvalue weighted by Crippen LogP contribution is 1.95. The van der Waals surface area contributed by atoms with Crippen LogP contribution in [0, 0.1) is 0 Å². The molecule has 0 radical (unpaired) electrons. The van der Waals surface area contributed by atoms with Gasteiger partial charge in [-0.15, -0.1) is 13.2 Å². The van der Waals surface area contributed by atoms with Crippen molar-refractivity contribution in [2.75, 3.05) is 13.1 Å². The average molecular weight is 217 g/mol. The minimum Gasteiger partial charge on any atom is -0.389 e. The van der Waals surface area contributed by atoms with Gasteiger partial charge in [0.2, 0.25) is 0 Å². The maximum atomic E-state index is 9.28. The molecule has 0 saturated carbocycles. The normalized spacial score (nSPS) is 18.9. The van der Waals surface area contributed by atoms with Gasteiger partial charge in [-0.1, -0.05) is 12.2 Å². The highest BCUT2D eigenvalue weighted by molar-refractivity contribution is 4.87. The van der Waals surface area contributed by atoms with E-state index in [2.05, 4.69) is 18.5 Å². The van der Waals surface area contributed by atoms with E-state index in [-0.39, 0.29) is 13.1 Å². The van der Waals surface area contributed by atoms with Crippen LogP contribution in [0.3, 0.4) is 0 Å². The van der Waals surface area contributed by atoms with E-state index in [1.165, 1.54) is 12.2 Å². The third-order valence-corrected chi connectivity index (χ3v) is 1.98. The van der Waals surface area contributed by atoms with Crippen LogP contribution in [0.5, 0.6) is 0 Å². The molecule has 5 N–H and O–H groups in total. The number of hydrogen-bond acceptors (Lipinski definition) is 5. The topological polar surface area (TPSA) is 93.0 Å². The predicted molar refractivity (Wildman–Crippen MR) is 57.3 cm³/mol. The third-order valence-electron chi connectivity index (χ3n) is 1.98. The summed E-state index contributed by atoms with van der Waals surface area (Å²) in [6.07, 6.45) is -1.51. The Balaban J connectivity index is 3.69. The highest BCUT2D eigenvalue weighted by atomic mass is 16.3. The van der Waals surface area contributed by atoms with Gasteiger partial charge in [-0.2, -0.15) is 0 Å². The van der Waals surface area contributed by atoms with E-state index in [0.717, 1.165) is 0 Å². The zero-order valence-corrected chi connectivity index (χ0v) is 8.58. The molecule has 0 saturated heterocycles. The van der Waals surface area contributed by atoms with Crippen LogP contribution in [0.2, 0.25) is 0 Å². The molecule has 0 aromatic rings. The van der Waals surface area contributed by atoms with Crippen molar-refractivity contribution in [3.63, 3.8) is 0 Å². The molecule has 0 fully saturated rings. The minimum atomic E-state index is -1.00. The minimum absolute atomic E-state index is 0.105. The molecular weight excluding hydrogens is 198 g/mol. The summed E-state index contributed by atoms with van der Waals surface area (Å²) in [5.74, 6) is 0. The van der Waals surface area contributed by atoms with E-state index >= 15 is 0 Å². The van der Waals surface area contributed by atoms with Crippen molar-refractivity contribution in [3.8, 4) is 0 Å². The fourth-order valence-electron chi connectivity index (χ4n) is 0.935. The second-order valence-corrected chi connectivity index (χ2v) is 3.25. The maximum Gasteiger partial charge on any atom is 0.0989 e. The Kier molecular flexibility index (Phi) is 7.19. The molecule has 0 aromatic carbocycles. The Hall–Kier alpha value is -0.720. The summed E-state index contributed by atoms with van der Waals surface area (Å²) in [5, 5.41) is 39.5. The maximum absolute atomic E-state index is 9.28. The van der Waals surface area contributed by atoms with E-state index in [0.29, 0.717) is 0 Å². The molecule has 0 aliphatic heterocycles. The molecule has 0 amide bonds. The first kappa shape index (κ1) is 14.3. The number of aliphatic hydroxyl groups is 4. The molecule has 0 unspecified atom stereocenters. The van der Waals surface area contributed by atoms with Gasteiger partial charge in [0.1, 0.15) is 0 Å². The Morgan fingerprint density at radius 3 is 1.47 bits per heavy atom. The van der Waals surface area contributed by atoms with Crippen molar-refractivity contribution in [1.29, 1.82) is 0 Å². The molecule has 0 rings (SSSR count). The molecule has 5 heteroatoms. The van der Waals surface area contributed by atoms with Gasteiger partial charge >= 0.3 is 0 Å². The van der Waals surface area contributed by atoms with Gasteiger partial charge in [0.15, 0.2) is 0 Å². The monoisotopic (exact) mass is 217 g/mol. The molecule has 5 nitrogen and oxygen atoms in total. The average Bonchev–Trinajstić information content (AvgIpc) is 2.26. The van der Waals surface area contributed by atoms with E-state index in [9.17, 15) is 10.2 Å². The molecule has 15 heavy (non-hydrogen) atoms. The summed E-state index contributed by atoms with van der Waals surface area (Å²) in [6.45, 7) is 6.86. The Morgan fingerprint density at radius 1 is 0.867 bits per heavy atom. The standard InChI is InChI=1S/C10H19NO4/c1-3-7(12)9(14)5-11-6-10(15)8(13)4-2/h3-4,7-15H,1-2,5-6H2/t7-,8-,9-,10-/m1/s1. The molecule has 0 aliphatic rings. The molecule has 4 atom stereocenters. The summed E-state index contributed by atoms with van der Waals surface area (Å²) in [6, 6.07) is 0. The summed E-state index contributed by atoms with van der Waals surface area (Å²) in [5.41, 5.74) is 0. The zero-order chi connectivity index (χ0) is 11.8. The van der Waals surface area contributed by atoms with Crippen LogP contribution in [0.25, 0.3) is 0 Å². The summed E-state index contributed by atoms with van der Waals surface area (Å²) in [7, 11) is 0. The molecule has 0 bridgehead atoms. The van der Waals surface area contributed by atoms with Gasteiger partial charge in [0.25, 0.3) is 0 Å². The van der Waals surface area contributed by atoms with Crippen LogP contribution >= 0.6 is 0 Å². The van der Waals surface area contributed by atoms with E-state index < -0.39 is 24.4 Å². The largest absolute Gasteiger partial charge is 0.389 e. The van der Waals surface area contributed by atoms with Crippen molar-refractivity contribution < 1.29 is 20.4 Å². The van der Waals surface area contributed by atoms with Crippen LogP contribution in [0.4, 0.5) is 0 Å². The summed E-state index contributed by atoms with van der Waals surface area (Å²) >= 11 is 0.